The molecule has 0 spiro atoms. The van der Waals surface area contributed by atoms with Gasteiger partial charge in [0.25, 0.3) is 0 Å². The van der Waals surface area contributed by atoms with Crippen molar-refractivity contribution < 1.29 is 13.9 Å². The molecule has 4 rings (SSSR count). The zero-order valence-electron chi connectivity index (χ0n) is 15.9. The summed E-state index contributed by atoms with van der Waals surface area (Å²) >= 11 is 0. The highest BCUT2D eigenvalue weighted by molar-refractivity contribution is 6.16. The van der Waals surface area contributed by atoms with Gasteiger partial charge in [-0.25, -0.2) is 9.18 Å². The summed E-state index contributed by atoms with van der Waals surface area (Å²) < 4.78 is 18.7. The van der Waals surface area contributed by atoms with E-state index in [1.807, 2.05) is 24.3 Å². The number of aliphatic imine (C=N–C) groups is 1. The topological polar surface area (TPSA) is 53.9 Å². The third-order valence-electron chi connectivity index (χ3n) is 5.40. The van der Waals surface area contributed by atoms with Crippen LogP contribution in [0.1, 0.15) is 43.7 Å². The van der Waals surface area contributed by atoms with Gasteiger partial charge in [0.2, 0.25) is 0 Å². The van der Waals surface area contributed by atoms with Gasteiger partial charge in [-0.15, -0.1) is 0 Å². The molecule has 1 saturated heterocycles. The van der Waals surface area contributed by atoms with Crippen LogP contribution >= 0.6 is 0 Å². The van der Waals surface area contributed by atoms with Crippen LogP contribution in [0.25, 0.3) is 0 Å². The van der Waals surface area contributed by atoms with Crippen LogP contribution in [0.2, 0.25) is 0 Å². The number of carbonyl (C=O) groups excluding carboxylic acids is 1. The predicted molar refractivity (Wildman–Crippen MR) is 107 cm³/mol. The normalized spacial score (nSPS) is 21.8. The number of ether oxygens (including phenoxy) is 1. The lowest BCUT2D eigenvalue weighted by molar-refractivity contribution is 0.252. The maximum absolute atomic E-state index is 13.5. The first-order chi connectivity index (χ1) is 13.7. The lowest BCUT2D eigenvalue weighted by Crippen LogP contribution is -2.29. The number of nitrogens with zero attached hydrogens (tertiary/aromatic N) is 2. The summed E-state index contributed by atoms with van der Waals surface area (Å²) in [4.78, 5) is 19.4. The Balaban J connectivity index is 1.73. The number of carbonyl (C=O) groups is 1. The van der Waals surface area contributed by atoms with Crippen molar-refractivity contribution in [3.8, 4) is 5.75 Å². The first-order valence-corrected chi connectivity index (χ1v) is 9.73. The average molecular weight is 381 g/mol. The molecule has 1 unspecified atom stereocenters. The van der Waals surface area contributed by atoms with Crippen molar-refractivity contribution >= 4 is 17.6 Å². The molecule has 5 nitrogen and oxygen atoms in total. The van der Waals surface area contributed by atoms with E-state index in [0.717, 1.165) is 29.8 Å². The van der Waals surface area contributed by atoms with Crippen molar-refractivity contribution in [1.82, 2.24) is 5.32 Å². The monoisotopic (exact) mass is 381 g/mol. The fraction of sp³-hybridized carbons (Fsp3) is 0.364. The Morgan fingerprint density at radius 2 is 1.71 bits per heavy atom. The molecule has 146 valence electrons. The molecule has 2 fully saturated rings. The highest BCUT2D eigenvalue weighted by Gasteiger charge is 2.39. The summed E-state index contributed by atoms with van der Waals surface area (Å²) in [6.45, 7) is 0. The smallest absolute Gasteiger partial charge is 0.328 e. The Labute approximate surface area is 164 Å². The molecule has 0 aromatic heterocycles. The van der Waals surface area contributed by atoms with Gasteiger partial charge in [0.1, 0.15) is 23.4 Å². The van der Waals surface area contributed by atoms with E-state index < -0.39 is 6.04 Å². The first kappa shape index (κ1) is 18.5. The molecule has 1 aliphatic heterocycles. The summed E-state index contributed by atoms with van der Waals surface area (Å²) in [6, 6.07) is 13.2. The van der Waals surface area contributed by atoms with E-state index in [-0.39, 0.29) is 17.9 Å². The summed E-state index contributed by atoms with van der Waals surface area (Å²) in [7, 11) is 1.60. The van der Waals surface area contributed by atoms with E-state index >= 15 is 0 Å². The molecule has 28 heavy (non-hydrogen) atoms. The summed E-state index contributed by atoms with van der Waals surface area (Å²) in [6.07, 6.45) is 5.65. The lowest BCUT2D eigenvalue weighted by atomic mass is 9.95. The standard InChI is InChI=1S/C22H24FN3O2/c1-28-19-13-11-18(12-14-19)26-20(15-7-9-16(23)10-8-15)21(25-22(26)27)24-17-5-3-2-4-6-17/h7-14,17,20H,2-6H2,1H3,(H,24,25,27). The second kappa shape index (κ2) is 8.00. The van der Waals surface area contributed by atoms with Crippen molar-refractivity contribution in [1.29, 1.82) is 0 Å². The maximum Gasteiger partial charge on any atom is 0.328 e. The van der Waals surface area contributed by atoms with E-state index in [4.69, 9.17) is 9.73 Å². The zero-order valence-corrected chi connectivity index (χ0v) is 15.9. The minimum Gasteiger partial charge on any atom is -0.497 e. The number of hydrogen-bond donors (Lipinski definition) is 1. The molecule has 6 heteroatoms. The second-order valence-electron chi connectivity index (χ2n) is 7.26. The molecule has 2 amide bonds. The number of amidine groups is 1. The van der Waals surface area contributed by atoms with Gasteiger partial charge in [0, 0.05) is 5.69 Å². The van der Waals surface area contributed by atoms with Gasteiger partial charge < -0.3 is 4.74 Å². The average Bonchev–Trinajstić information content (AvgIpc) is 3.05. The van der Waals surface area contributed by atoms with Gasteiger partial charge in [0.05, 0.1) is 13.2 Å². The van der Waals surface area contributed by atoms with Crippen LogP contribution in [-0.2, 0) is 0 Å². The van der Waals surface area contributed by atoms with Crippen molar-refractivity contribution in [2.45, 2.75) is 44.2 Å². The molecule has 2 aromatic carbocycles. The van der Waals surface area contributed by atoms with Gasteiger partial charge in [-0.2, -0.15) is 0 Å². The number of anilines is 1. The van der Waals surface area contributed by atoms with Gasteiger partial charge in [-0.3, -0.25) is 15.2 Å². The summed E-state index contributed by atoms with van der Waals surface area (Å²) in [5.41, 5.74) is 1.56. The zero-order chi connectivity index (χ0) is 19.5. The van der Waals surface area contributed by atoms with Crippen molar-refractivity contribution in [3.63, 3.8) is 0 Å². The highest BCUT2D eigenvalue weighted by atomic mass is 19.1. The number of amides is 2. The minimum absolute atomic E-state index is 0.225. The molecular weight excluding hydrogens is 357 g/mol. The van der Waals surface area contributed by atoms with Crippen LogP contribution in [0.3, 0.4) is 0 Å². The number of halogens is 1. The van der Waals surface area contributed by atoms with E-state index in [2.05, 4.69) is 5.32 Å². The quantitative estimate of drug-likeness (QED) is 0.824. The molecule has 1 atom stereocenters. The largest absolute Gasteiger partial charge is 0.497 e. The minimum atomic E-state index is -0.400. The number of rotatable bonds is 4. The van der Waals surface area contributed by atoms with E-state index in [9.17, 15) is 9.18 Å². The van der Waals surface area contributed by atoms with Crippen LogP contribution in [0, 0.1) is 5.82 Å². The molecule has 2 aromatic rings. The van der Waals surface area contributed by atoms with E-state index in [0.29, 0.717) is 5.84 Å². The molecule has 0 radical (unpaired) electrons. The fourth-order valence-corrected chi connectivity index (χ4v) is 3.95. The maximum atomic E-state index is 13.5. The molecule has 2 aliphatic rings. The van der Waals surface area contributed by atoms with Crippen molar-refractivity contribution in [3.05, 3.63) is 59.9 Å². The Bertz CT molecular complexity index is 858. The summed E-state index contributed by atoms with van der Waals surface area (Å²) in [5.74, 6) is 1.06. The molecule has 1 aliphatic carbocycles. The molecule has 0 bridgehead atoms. The number of urea groups is 1. The third-order valence-corrected chi connectivity index (χ3v) is 5.40. The summed E-state index contributed by atoms with van der Waals surface area (Å²) in [5, 5.41) is 2.95. The molecular formula is C22H24FN3O2. The van der Waals surface area contributed by atoms with Crippen LogP contribution in [0.4, 0.5) is 14.9 Å². The van der Waals surface area contributed by atoms with Crippen LogP contribution < -0.4 is 15.0 Å². The van der Waals surface area contributed by atoms with Gasteiger partial charge in [-0.05, 0) is 54.8 Å². The van der Waals surface area contributed by atoms with Crippen LogP contribution in [-0.4, -0.2) is 25.0 Å². The third kappa shape index (κ3) is 3.72. The van der Waals surface area contributed by atoms with E-state index in [1.54, 1.807) is 24.1 Å². The number of nitrogens with one attached hydrogen (secondary N) is 1. The van der Waals surface area contributed by atoms with E-state index in [1.165, 1.54) is 31.4 Å². The van der Waals surface area contributed by atoms with Crippen molar-refractivity contribution in [2.75, 3.05) is 12.0 Å². The van der Waals surface area contributed by atoms with Gasteiger partial charge in [-0.1, -0.05) is 31.4 Å². The molecule has 1 N–H and O–H groups in total. The number of methoxy groups -OCH3 is 1. The molecule has 1 saturated carbocycles. The molecule has 1 heterocycles. The fourth-order valence-electron chi connectivity index (χ4n) is 3.95. The predicted octanol–water partition coefficient (Wildman–Crippen LogP) is 4.84. The van der Waals surface area contributed by atoms with Crippen LogP contribution in [0.5, 0.6) is 5.75 Å². The Hall–Kier alpha value is -2.89. The van der Waals surface area contributed by atoms with Gasteiger partial charge >= 0.3 is 6.03 Å². The Morgan fingerprint density at radius 1 is 1.04 bits per heavy atom. The first-order valence-electron chi connectivity index (χ1n) is 9.73. The number of benzene rings is 2. The highest BCUT2D eigenvalue weighted by Crippen LogP contribution is 2.34. The Kier molecular flexibility index (Phi) is 5.28. The Morgan fingerprint density at radius 3 is 2.36 bits per heavy atom. The SMILES string of the molecule is COc1ccc(N2C(=O)NC(=NC3CCCCC3)C2c2ccc(F)cc2)cc1. The number of hydrogen-bond acceptors (Lipinski definition) is 3. The van der Waals surface area contributed by atoms with Crippen LogP contribution in [0.15, 0.2) is 53.5 Å². The second-order valence-corrected chi connectivity index (χ2v) is 7.26. The van der Waals surface area contributed by atoms with Gasteiger partial charge in [0.15, 0.2) is 0 Å². The van der Waals surface area contributed by atoms with Crippen molar-refractivity contribution in [2.24, 2.45) is 4.99 Å². The lowest BCUT2D eigenvalue weighted by Gasteiger charge is -2.25.